The topological polar surface area (TPSA) is 24.9 Å². The SMILES string of the molecule is Cc1ccncc1CNCc1cc(C)c(F)c(C)c1. The minimum absolute atomic E-state index is 0.105. The summed E-state index contributed by atoms with van der Waals surface area (Å²) < 4.78 is 13.5. The third-order valence-corrected chi connectivity index (χ3v) is 3.29. The van der Waals surface area contributed by atoms with E-state index in [1.54, 1.807) is 20.0 Å². The number of hydrogen-bond donors (Lipinski definition) is 1. The largest absolute Gasteiger partial charge is 0.309 e. The number of halogens is 1. The zero-order valence-corrected chi connectivity index (χ0v) is 11.6. The molecule has 2 nitrogen and oxygen atoms in total. The maximum atomic E-state index is 13.5. The molecule has 3 heteroatoms. The molecule has 2 rings (SSSR count). The molecule has 1 aromatic heterocycles. The summed E-state index contributed by atoms with van der Waals surface area (Å²) in [6.07, 6.45) is 3.68. The predicted octanol–water partition coefficient (Wildman–Crippen LogP) is 3.44. The smallest absolute Gasteiger partial charge is 0.129 e. The summed E-state index contributed by atoms with van der Waals surface area (Å²) in [7, 11) is 0. The first-order chi connectivity index (χ1) is 9.08. The van der Waals surface area contributed by atoms with Crippen molar-refractivity contribution in [1.82, 2.24) is 10.3 Å². The first-order valence-electron chi connectivity index (χ1n) is 6.43. The van der Waals surface area contributed by atoms with E-state index in [2.05, 4.69) is 17.2 Å². The Morgan fingerprint density at radius 3 is 2.37 bits per heavy atom. The van der Waals surface area contributed by atoms with Crippen LogP contribution < -0.4 is 5.32 Å². The zero-order valence-electron chi connectivity index (χ0n) is 11.6. The highest BCUT2D eigenvalue weighted by Gasteiger charge is 2.04. The van der Waals surface area contributed by atoms with Crippen LogP contribution >= 0.6 is 0 Å². The summed E-state index contributed by atoms with van der Waals surface area (Å²) in [4.78, 5) is 4.12. The number of nitrogens with zero attached hydrogens (tertiary/aromatic N) is 1. The van der Waals surface area contributed by atoms with Crippen molar-refractivity contribution in [2.45, 2.75) is 33.9 Å². The van der Waals surface area contributed by atoms with E-state index in [4.69, 9.17) is 0 Å². The normalized spacial score (nSPS) is 10.7. The highest BCUT2D eigenvalue weighted by molar-refractivity contribution is 5.30. The van der Waals surface area contributed by atoms with Gasteiger partial charge in [0.15, 0.2) is 0 Å². The van der Waals surface area contributed by atoms with Crippen LogP contribution in [0.2, 0.25) is 0 Å². The lowest BCUT2D eigenvalue weighted by atomic mass is 10.1. The Bertz CT molecular complexity index is 556. The van der Waals surface area contributed by atoms with Crippen LogP contribution in [0.5, 0.6) is 0 Å². The molecule has 0 aliphatic rings. The van der Waals surface area contributed by atoms with E-state index in [0.29, 0.717) is 11.1 Å². The van der Waals surface area contributed by atoms with Crippen molar-refractivity contribution in [3.05, 3.63) is 64.2 Å². The molecule has 0 saturated carbocycles. The van der Waals surface area contributed by atoms with Crippen molar-refractivity contribution >= 4 is 0 Å². The van der Waals surface area contributed by atoms with E-state index in [0.717, 1.165) is 18.7 Å². The van der Waals surface area contributed by atoms with Gasteiger partial charge in [0.2, 0.25) is 0 Å². The lowest BCUT2D eigenvalue weighted by Gasteiger charge is -2.09. The second-order valence-corrected chi connectivity index (χ2v) is 4.95. The second-order valence-electron chi connectivity index (χ2n) is 4.95. The molecule has 0 radical (unpaired) electrons. The molecule has 1 heterocycles. The summed E-state index contributed by atoms with van der Waals surface area (Å²) >= 11 is 0. The van der Waals surface area contributed by atoms with Crippen molar-refractivity contribution in [3.63, 3.8) is 0 Å². The molecule has 0 aliphatic carbocycles. The molecule has 100 valence electrons. The van der Waals surface area contributed by atoms with Crippen LogP contribution in [0.3, 0.4) is 0 Å². The molecule has 19 heavy (non-hydrogen) atoms. The summed E-state index contributed by atoms with van der Waals surface area (Å²) in [6, 6.07) is 5.79. The Balaban J connectivity index is 1.98. The van der Waals surface area contributed by atoms with E-state index in [9.17, 15) is 4.39 Å². The molecule has 0 amide bonds. The highest BCUT2D eigenvalue weighted by Crippen LogP contribution is 2.14. The quantitative estimate of drug-likeness (QED) is 0.908. The van der Waals surface area contributed by atoms with Gasteiger partial charge in [-0.05, 0) is 54.7 Å². The molecule has 0 unspecified atom stereocenters. The number of aryl methyl sites for hydroxylation is 3. The Labute approximate surface area is 113 Å². The Kier molecular flexibility index (Phi) is 4.27. The maximum Gasteiger partial charge on any atom is 0.129 e. The van der Waals surface area contributed by atoms with Crippen LogP contribution in [0.25, 0.3) is 0 Å². The van der Waals surface area contributed by atoms with Gasteiger partial charge in [-0.15, -0.1) is 0 Å². The van der Waals surface area contributed by atoms with Gasteiger partial charge in [0, 0.05) is 25.5 Å². The molecule has 0 spiro atoms. The van der Waals surface area contributed by atoms with Crippen LogP contribution in [0, 0.1) is 26.6 Å². The van der Waals surface area contributed by atoms with Crippen molar-refractivity contribution in [3.8, 4) is 0 Å². The fraction of sp³-hybridized carbons (Fsp3) is 0.312. The number of aromatic nitrogens is 1. The van der Waals surface area contributed by atoms with Crippen LogP contribution in [-0.4, -0.2) is 4.98 Å². The van der Waals surface area contributed by atoms with Gasteiger partial charge in [-0.3, -0.25) is 4.98 Å². The molecule has 0 saturated heterocycles. The van der Waals surface area contributed by atoms with Crippen molar-refractivity contribution in [1.29, 1.82) is 0 Å². The van der Waals surface area contributed by atoms with Gasteiger partial charge in [-0.1, -0.05) is 12.1 Å². The predicted molar refractivity (Wildman–Crippen MR) is 75.4 cm³/mol. The van der Waals surface area contributed by atoms with Crippen molar-refractivity contribution in [2.75, 3.05) is 0 Å². The first kappa shape index (κ1) is 13.7. The molecule has 0 fully saturated rings. The first-order valence-corrected chi connectivity index (χ1v) is 6.43. The fourth-order valence-corrected chi connectivity index (χ4v) is 2.16. The van der Waals surface area contributed by atoms with E-state index in [1.165, 1.54) is 11.1 Å². The molecular weight excluding hydrogens is 239 g/mol. The van der Waals surface area contributed by atoms with Crippen LogP contribution in [0.15, 0.2) is 30.6 Å². The molecule has 1 N–H and O–H groups in total. The summed E-state index contributed by atoms with van der Waals surface area (Å²) in [5.74, 6) is -0.105. The molecule has 0 bridgehead atoms. The average Bonchev–Trinajstić information content (AvgIpc) is 2.38. The number of nitrogens with one attached hydrogen (secondary N) is 1. The van der Waals surface area contributed by atoms with E-state index in [1.807, 2.05) is 24.4 Å². The fourth-order valence-electron chi connectivity index (χ4n) is 2.16. The maximum absolute atomic E-state index is 13.5. The number of pyridine rings is 1. The third kappa shape index (κ3) is 3.38. The van der Waals surface area contributed by atoms with Crippen LogP contribution in [0.1, 0.15) is 27.8 Å². The van der Waals surface area contributed by atoms with E-state index in [-0.39, 0.29) is 5.82 Å². The van der Waals surface area contributed by atoms with Gasteiger partial charge in [0.05, 0.1) is 0 Å². The molecule has 2 aromatic rings. The lowest BCUT2D eigenvalue weighted by molar-refractivity contribution is 0.606. The van der Waals surface area contributed by atoms with Gasteiger partial charge >= 0.3 is 0 Å². The highest BCUT2D eigenvalue weighted by atomic mass is 19.1. The molecule has 0 atom stereocenters. The summed E-state index contributed by atoms with van der Waals surface area (Å²) in [5.41, 5.74) is 4.94. The van der Waals surface area contributed by atoms with Gasteiger partial charge in [-0.2, -0.15) is 0 Å². The van der Waals surface area contributed by atoms with Crippen LogP contribution in [0.4, 0.5) is 4.39 Å². The van der Waals surface area contributed by atoms with Gasteiger partial charge < -0.3 is 5.32 Å². The Hall–Kier alpha value is -1.74. The standard InChI is InChI=1S/C16H19FN2/c1-11-4-5-18-9-15(11)10-19-8-14-6-12(2)16(17)13(3)7-14/h4-7,9,19H,8,10H2,1-3H3. The average molecular weight is 258 g/mol. The molecular formula is C16H19FN2. The second kappa shape index (κ2) is 5.93. The molecule has 1 aromatic carbocycles. The minimum atomic E-state index is -0.105. The van der Waals surface area contributed by atoms with Gasteiger partial charge in [-0.25, -0.2) is 4.39 Å². The Morgan fingerprint density at radius 2 is 1.74 bits per heavy atom. The number of rotatable bonds is 4. The molecule has 0 aliphatic heterocycles. The monoisotopic (exact) mass is 258 g/mol. The van der Waals surface area contributed by atoms with E-state index < -0.39 is 0 Å². The van der Waals surface area contributed by atoms with Gasteiger partial charge in [0.25, 0.3) is 0 Å². The van der Waals surface area contributed by atoms with E-state index >= 15 is 0 Å². The number of hydrogen-bond acceptors (Lipinski definition) is 2. The van der Waals surface area contributed by atoms with Crippen LogP contribution in [-0.2, 0) is 13.1 Å². The summed E-state index contributed by atoms with van der Waals surface area (Å²) in [6.45, 7) is 7.19. The van der Waals surface area contributed by atoms with Crippen molar-refractivity contribution in [2.24, 2.45) is 0 Å². The van der Waals surface area contributed by atoms with Crippen molar-refractivity contribution < 1.29 is 4.39 Å². The lowest BCUT2D eigenvalue weighted by Crippen LogP contribution is -2.14. The summed E-state index contributed by atoms with van der Waals surface area (Å²) in [5, 5.41) is 3.37. The minimum Gasteiger partial charge on any atom is -0.309 e. The zero-order chi connectivity index (χ0) is 13.8. The Morgan fingerprint density at radius 1 is 1.05 bits per heavy atom. The third-order valence-electron chi connectivity index (χ3n) is 3.29. The van der Waals surface area contributed by atoms with Gasteiger partial charge in [0.1, 0.15) is 5.82 Å². The number of benzene rings is 1.